The quantitative estimate of drug-likeness (QED) is 0.797. The molecular formula is C12H19BrN2O. The molecule has 1 aromatic rings. The number of aromatic nitrogens is 2. The highest BCUT2D eigenvalue weighted by Gasteiger charge is 2.17. The molecule has 0 fully saturated rings. The molecule has 0 aliphatic heterocycles. The summed E-state index contributed by atoms with van der Waals surface area (Å²) in [7, 11) is 1.62. The van der Waals surface area contributed by atoms with E-state index in [-0.39, 0.29) is 0 Å². The van der Waals surface area contributed by atoms with Gasteiger partial charge in [0, 0.05) is 23.0 Å². The summed E-state index contributed by atoms with van der Waals surface area (Å²) >= 11 is 3.70. The summed E-state index contributed by atoms with van der Waals surface area (Å²) in [5, 5.41) is 0. The van der Waals surface area contributed by atoms with Crippen LogP contribution in [0.3, 0.4) is 0 Å². The van der Waals surface area contributed by atoms with E-state index in [4.69, 9.17) is 4.74 Å². The van der Waals surface area contributed by atoms with E-state index in [2.05, 4.69) is 46.7 Å². The Morgan fingerprint density at radius 3 is 2.62 bits per heavy atom. The van der Waals surface area contributed by atoms with Crippen LogP contribution in [-0.4, -0.2) is 21.9 Å². The van der Waals surface area contributed by atoms with Crippen molar-refractivity contribution in [1.82, 2.24) is 9.97 Å². The Balaban J connectivity index is 2.59. The third-order valence-corrected chi connectivity index (χ3v) is 2.82. The van der Waals surface area contributed by atoms with Crippen LogP contribution in [0.5, 0.6) is 5.88 Å². The van der Waals surface area contributed by atoms with Crippen molar-refractivity contribution >= 4 is 15.9 Å². The van der Waals surface area contributed by atoms with Gasteiger partial charge in [0.15, 0.2) is 0 Å². The molecule has 3 nitrogen and oxygen atoms in total. The smallest absolute Gasteiger partial charge is 0.216 e. The molecule has 1 atom stereocenters. The van der Waals surface area contributed by atoms with Gasteiger partial charge in [0.25, 0.3) is 0 Å². The molecule has 0 aliphatic carbocycles. The van der Waals surface area contributed by atoms with Crippen LogP contribution in [0.15, 0.2) is 12.4 Å². The highest BCUT2D eigenvalue weighted by molar-refractivity contribution is 9.09. The first kappa shape index (κ1) is 13.4. The maximum absolute atomic E-state index is 5.07. The molecule has 0 spiro atoms. The van der Waals surface area contributed by atoms with Crippen molar-refractivity contribution in [2.45, 2.75) is 38.4 Å². The molecule has 90 valence electrons. The van der Waals surface area contributed by atoms with Crippen LogP contribution < -0.4 is 4.74 Å². The van der Waals surface area contributed by atoms with Crippen molar-refractivity contribution in [3.63, 3.8) is 0 Å². The Kier molecular flexibility index (Phi) is 4.71. The van der Waals surface area contributed by atoms with Gasteiger partial charge in [-0.1, -0.05) is 36.7 Å². The Morgan fingerprint density at radius 1 is 1.38 bits per heavy atom. The molecule has 4 heteroatoms. The van der Waals surface area contributed by atoms with Gasteiger partial charge >= 0.3 is 0 Å². The maximum atomic E-state index is 5.07. The Labute approximate surface area is 106 Å². The minimum absolute atomic E-state index is 0.325. The molecule has 1 aromatic heterocycles. The van der Waals surface area contributed by atoms with E-state index >= 15 is 0 Å². The van der Waals surface area contributed by atoms with Crippen molar-refractivity contribution < 1.29 is 4.74 Å². The third-order valence-electron chi connectivity index (χ3n) is 2.17. The van der Waals surface area contributed by atoms with Gasteiger partial charge in [-0.2, -0.15) is 0 Å². The van der Waals surface area contributed by atoms with Crippen LogP contribution >= 0.6 is 15.9 Å². The fourth-order valence-corrected chi connectivity index (χ4v) is 2.87. The van der Waals surface area contributed by atoms with Crippen LogP contribution in [0.2, 0.25) is 0 Å². The number of nitrogens with zero attached hydrogens (tertiary/aromatic N) is 2. The third kappa shape index (κ3) is 4.92. The average Bonchev–Trinajstić information content (AvgIpc) is 2.15. The minimum Gasteiger partial charge on any atom is -0.481 e. The van der Waals surface area contributed by atoms with Crippen LogP contribution in [0, 0.1) is 5.41 Å². The monoisotopic (exact) mass is 286 g/mol. The number of hydrogen-bond donors (Lipinski definition) is 0. The van der Waals surface area contributed by atoms with Crippen LogP contribution in [-0.2, 0) is 6.42 Å². The molecular weight excluding hydrogens is 268 g/mol. The van der Waals surface area contributed by atoms with Crippen molar-refractivity contribution in [2.75, 3.05) is 7.11 Å². The molecule has 1 rings (SSSR count). The summed E-state index contributed by atoms with van der Waals surface area (Å²) < 4.78 is 5.07. The van der Waals surface area contributed by atoms with Crippen molar-refractivity contribution in [1.29, 1.82) is 0 Å². The molecule has 1 heterocycles. The van der Waals surface area contributed by atoms with E-state index < -0.39 is 0 Å². The average molecular weight is 287 g/mol. The number of ether oxygens (including phenoxy) is 1. The predicted molar refractivity (Wildman–Crippen MR) is 69.1 cm³/mol. The number of rotatable bonds is 4. The van der Waals surface area contributed by atoms with Gasteiger partial charge in [0.2, 0.25) is 5.88 Å². The zero-order chi connectivity index (χ0) is 12.2. The van der Waals surface area contributed by atoms with Gasteiger partial charge in [-0.3, -0.25) is 0 Å². The predicted octanol–water partition coefficient (Wildman–Crippen LogP) is 3.23. The molecule has 1 unspecified atom stereocenters. The van der Waals surface area contributed by atoms with Crippen LogP contribution in [0.4, 0.5) is 0 Å². The van der Waals surface area contributed by atoms with Crippen LogP contribution in [0.25, 0.3) is 0 Å². The topological polar surface area (TPSA) is 35.0 Å². The first-order valence-electron chi connectivity index (χ1n) is 5.40. The molecule has 0 N–H and O–H groups in total. The lowest BCUT2D eigenvalue weighted by molar-refractivity contribution is 0.372. The molecule has 0 aliphatic rings. The van der Waals surface area contributed by atoms with Gasteiger partial charge in [0.05, 0.1) is 7.11 Å². The van der Waals surface area contributed by atoms with Gasteiger partial charge < -0.3 is 4.74 Å². The fraction of sp³-hybridized carbons (Fsp3) is 0.667. The summed E-state index contributed by atoms with van der Waals surface area (Å²) in [5.74, 6) is 0.625. The van der Waals surface area contributed by atoms with E-state index in [1.165, 1.54) is 0 Å². The largest absolute Gasteiger partial charge is 0.481 e. The van der Waals surface area contributed by atoms with Crippen molar-refractivity contribution in [3.05, 3.63) is 18.1 Å². The highest BCUT2D eigenvalue weighted by atomic mass is 79.9. The van der Waals surface area contributed by atoms with Crippen LogP contribution in [0.1, 0.15) is 32.9 Å². The number of halogens is 1. The second kappa shape index (κ2) is 5.62. The fourth-order valence-electron chi connectivity index (χ4n) is 1.56. The van der Waals surface area contributed by atoms with Crippen molar-refractivity contribution in [3.8, 4) is 5.88 Å². The van der Waals surface area contributed by atoms with Gasteiger partial charge in [-0.25, -0.2) is 9.97 Å². The van der Waals surface area contributed by atoms with E-state index in [0.29, 0.717) is 16.1 Å². The number of methoxy groups -OCH3 is 1. The lowest BCUT2D eigenvalue weighted by Gasteiger charge is -2.21. The number of hydrogen-bond acceptors (Lipinski definition) is 3. The summed E-state index contributed by atoms with van der Waals surface area (Å²) in [6.45, 7) is 6.71. The molecule has 0 radical (unpaired) electrons. The van der Waals surface area contributed by atoms with E-state index in [1.807, 2.05) is 6.07 Å². The lowest BCUT2D eigenvalue weighted by Crippen LogP contribution is -2.15. The summed E-state index contributed by atoms with van der Waals surface area (Å²) in [4.78, 5) is 8.66. The second-order valence-electron chi connectivity index (χ2n) is 5.12. The first-order valence-corrected chi connectivity index (χ1v) is 6.31. The zero-order valence-electron chi connectivity index (χ0n) is 10.3. The molecule has 16 heavy (non-hydrogen) atoms. The summed E-state index contributed by atoms with van der Waals surface area (Å²) in [5.41, 5.74) is 1.34. The zero-order valence-corrected chi connectivity index (χ0v) is 11.9. The molecule has 0 saturated heterocycles. The van der Waals surface area contributed by atoms with Crippen molar-refractivity contribution in [2.24, 2.45) is 5.41 Å². The second-order valence-corrected chi connectivity index (χ2v) is 6.41. The highest BCUT2D eigenvalue weighted by Crippen LogP contribution is 2.26. The van der Waals surface area contributed by atoms with Gasteiger partial charge in [-0.15, -0.1) is 0 Å². The SMILES string of the molecule is COc1cc(CC(Br)CC(C)(C)C)ncn1. The van der Waals surface area contributed by atoms with Gasteiger partial charge in [0.1, 0.15) is 6.33 Å². The molecule has 0 amide bonds. The van der Waals surface area contributed by atoms with E-state index in [9.17, 15) is 0 Å². The Bertz CT molecular complexity index is 336. The summed E-state index contributed by atoms with van der Waals surface area (Å²) in [6, 6.07) is 1.89. The standard InChI is InChI=1S/C12H19BrN2O/c1-12(2,3)7-9(13)5-10-6-11(16-4)15-8-14-10/h6,8-9H,5,7H2,1-4H3. The Morgan fingerprint density at radius 2 is 2.06 bits per heavy atom. The van der Waals surface area contributed by atoms with Gasteiger partial charge in [-0.05, 0) is 11.8 Å². The number of alkyl halides is 1. The summed E-state index contributed by atoms with van der Waals surface area (Å²) in [6.07, 6.45) is 3.56. The molecule has 0 bridgehead atoms. The Hall–Kier alpha value is -0.640. The first-order chi connectivity index (χ1) is 7.40. The molecule has 0 saturated carbocycles. The maximum Gasteiger partial charge on any atom is 0.216 e. The van der Waals surface area contributed by atoms with E-state index in [0.717, 1.165) is 18.5 Å². The molecule has 0 aromatic carbocycles. The minimum atomic E-state index is 0.325. The van der Waals surface area contributed by atoms with E-state index in [1.54, 1.807) is 13.4 Å². The lowest BCUT2D eigenvalue weighted by atomic mass is 9.89. The normalized spacial score (nSPS) is 13.6.